The maximum Gasteiger partial charge on any atom is 0.248 e. The van der Waals surface area contributed by atoms with Crippen LogP contribution in [0.4, 0.5) is 5.82 Å². The van der Waals surface area contributed by atoms with E-state index in [2.05, 4.69) is 5.10 Å². The summed E-state index contributed by atoms with van der Waals surface area (Å²) in [4.78, 5) is 0.0954. The smallest absolute Gasteiger partial charge is 0.248 e. The number of aryl methyl sites for hydroxylation is 1. The summed E-state index contributed by atoms with van der Waals surface area (Å²) in [6, 6.07) is 0. The normalized spacial score (nSPS) is 12.2. The van der Waals surface area contributed by atoms with Crippen molar-refractivity contribution in [3.63, 3.8) is 0 Å². The first-order valence-corrected chi connectivity index (χ1v) is 6.74. The van der Waals surface area contributed by atoms with E-state index in [9.17, 15) is 8.42 Å². The van der Waals surface area contributed by atoms with Gasteiger partial charge in [0.2, 0.25) is 10.0 Å². The molecule has 0 spiro atoms. The van der Waals surface area contributed by atoms with Crippen molar-refractivity contribution in [1.29, 1.82) is 0 Å². The molecule has 0 aliphatic heterocycles. The Hall–Kier alpha value is -1.08. The molecule has 0 aliphatic carbocycles. The second-order valence-corrected chi connectivity index (χ2v) is 5.23. The third-order valence-electron chi connectivity index (χ3n) is 2.40. The van der Waals surface area contributed by atoms with Crippen molar-refractivity contribution < 1.29 is 8.42 Å². The van der Waals surface area contributed by atoms with Gasteiger partial charge in [-0.25, -0.2) is 8.42 Å². The molecule has 1 aromatic heterocycles. The molecule has 0 radical (unpaired) electrons. The van der Waals surface area contributed by atoms with Gasteiger partial charge in [0.05, 0.1) is 0 Å². The number of nitrogens with two attached hydrogens (primary N) is 1. The van der Waals surface area contributed by atoms with Crippen LogP contribution in [-0.2, 0) is 16.6 Å². The van der Waals surface area contributed by atoms with E-state index in [1.54, 1.807) is 13.8 Å². The molecule has 0 bridgehead atoms. The lowest BCUT2D eigenvalue weighted by Gasteiger charge is -2.17. The van der Waals surface area contributed by atoms with Gasteiger partial charge in [-0.3, -0.25) is 4.68 Å². The minimum Gasteiger partial charge on any atom is -0.381 e. The van der Waals surface area contributed by atoms with Gasteiger partial charge in [0.1, 0.15) is 4.90 Å². The summed E-state index contributed by atoms with van der Waals surface area (Å²) in [6.07, 6.45) is 1.48. The molecule has 0 atom stereocenters. The minimum atomic E-state index is -3.50. The SMILES string of the molecule is CCN(CC)S(=O)(=O)c1cn(CC)nc1N. The molecule has 1 rings (SSSR count). The lowest BCUT2D eigenvalue weighted by molar-refractivity contribution is 0.445. The van der Waals surface area contributed by atoms with Gasteiger partial charge in [0.15, 0.2) is 5.82 Å². The van der Waals surface area contributed by atoms with Crippen LogP contribution in [0.2, 0.25) is 0 Å². The monoisotopic (exact) mass is 246 g/mol. The summed E-state index contributed by atoms with van der Waals surface area (Å²) in [7, 11) is -3.50. The van der Waals surface area contributed by atoms with Crippen LogP contribution in [0.1, 0.15) is 20.8 Å². The Kier molecular flexibility index (Phi) is 3.93. The third-order valence-corrected chi connectivity index (χ3v) is 4.47. The van der Waals surface area contributed by atoms with E-state index in [1.165, 1.54) is 15.2 Å². The van der Waals surface area contributed by atoms with E-state index in [0.29, 0.717) is 19.6 Å². The fourth-order valence-electron chi connectivity index (χ4n) is 1.48. The highest BCUT2D eigenvalue weighted by molar-refractivity contribution is 7.89. The number of hydrogen-bond acceptors (Lipinski definition) is 4. The number of nitrogens with zero attached hydrogens (tertiary/aromatic N) is 3. The van der Waals surface area contributed by atoms with Crippen LogP contribution in [0.3, 0.4) is 0 Å². The van der Waals surface area contributed by atoms with Gasteiger partial charge >= 0.3 is 0 Å². The van der Waals surface area contributed by atoms with E-state index >= 15 is 0 Å². The summed E-state index contributed by atoms with van der Waals surface area (Å²) < 4.78 is 27.2. The predicted molar refractivity (Wildman–Crippen MR) is 62.4 cm³/mol. The average molecular weight is 246 g/mol. The van der Waals surface area contributed by atoms with Crippen molar-refractivity contribution in [2.24, 2.45) is 0 Å². The van der Waals surface area contributed by atoms with Crippen LogP contribution in [-0.4, -0.2) is 35.6 Å². The zero-order valence-electron chi connectivity index (χ0n) is 9.84. The molecule has 0 aromatic carbocycles. The topological polar surface area (TPSA) is 81.2 Å². The molecular weight excluding hydrogens is 228 g/mol. The lowest BCUT2D eigenvalue weighted by atomic mass is 10.6. The standard InChI is InChI=1S/C9H18N4O2S/c1-4-12-7-8(9(10)11-12)16(14,15)13(5-2)6-3/h7H,4-6H2,1-3H3,(H2,10,11). The molecule has 2 N–H and O–H groups in total. The fourth-order valence-corrected chi connectivity index (χ4v) is 3.00. The highest BCUT2D eigenvalue weighted by Crippen LogP contribution is 2.20. The molecule has 1 heterocycles. The van der Waals surface area contributed by atoms with E-state index in [4.69, 9.17) is 5.73 Å². The van der Waals surface area contributed by atoms with Crippen molar-refractivity contribution in [1.82, 2.24) is 14.1 Å². The van der Waals surface area contributed by atoms with E-state index < -0.39 is 10.0 Å². The third kappa shape index (κ3) is 2.19. The molecule has 0 amide bonds. The summed E-state index contributed by atoms with van der Waals surface area (Å²) in [5.41, 5.74) is 5.61. The van der Waals surface area contributed by atoms with Crippen molar-refractivity contribution >= 4 is 15.8 Å². The first-order valence-electron chi connectivity index (χ1n) is 5.30. The Morgan fingerprint density at radius 2 is 1.94 bits per heavy atom. The number of anilines is 1. The van der Waals surface area contributed by atoms with Crippen molar-refractivity contribution in [2.75, 3.05) is 18.8 Å². The molecule has 16 heavy (non-hydrogen) atoms. The van der Waals surface area contributed by atoms with E-state index in [0.717, 1.165) is 0 Å². The zero-order valence-corrected chi connectivity index (χ0v) is 10.7. The molecule has 1 aromatic rings. The second kappa shape index (κ2) is 4.84. The first-order chi connectivity index (χ1) is 7.47. The van der Waals surface area contributed by atoms with E-state index in [-0.39, 0.29) is 10.7 Å². The van der Waals surface area contributed by atoms with Gasteiger partial charge in [-0.05, 0) is 6.92 Å². The Labute approximate surface area is 96.1 Å². The zero-order chi connectivity index (χ0) is 12.3. The van der Waals surface area contributed by atoms with Crippen LogP contribution >= 0.6 is 0 Å². The second-order valence-electron chi connectivity index (χ2n) is 3.32. The molecule has 0 unspecified atom stereocenters. The maximum absolute atomic E-state index is 12.1. The molecule has 7 heteroatoms. The molecule has 0 fully saturated rings. The molecule has 92 valence electrons. The molecular formula is C9H18N4O2S. The van der Waals surface area contributed by atoms with Gasteiger partial charge in [-0.1, -0.05) is 13.8 Å². The Morgan fingerprint density at radius 3 is 2.31 bits per heavy atom. The highest BCUT2D eigenvalue weighted by Gasteiger charge is 2.26. The van der Waals surface area contributed by atoms with Crippen LogP contribution in [0.5, 0.6) is 0 Å². The largest absolute Gasteiger partial charge is 0.381 e. The Morgan fingerprint density at radius 1 is 1.38 bits per heavy atom. The van der Waals surface area contributed by atoms with Gasteiger partial charge < -0.3 is 5.73 Å². The highest BCUT2D eigenvalue weighted by atomic mass is 32.2. The van der Waals surface area contributed by atoms with Gasteiger partial charge in [-0.15, -0.1) is 0 Å². The van der Waals surface area contributed by atoms with Gasteiger partial charge in [-0.2, -0.15) is 9.40 Å². The number of sulfonamides is 1. The summed E-state index contributed by atoms with van der Waals surface area (Å²) in [6.45, 7) is 6.91. The van der Waals surface area contributed by atoms with Gasteiger partial charge in [0, 0.05) is 25.8 Å². The molecule has 0 aliphatic rings. The fraction of sp³-hybridized carbons (Fsp3) is 0.667. The average Bonchev–Trinajstić information content (AvgIpc) is 2.61. The minimum absolute atomic E-state index is 0.0637. The van der Waals surface area contributed by atoms with Crippen LogP contribution in [0.25, 0.3) is 0 Å². The summed E-state index contributed by atoms with van der Waals surface area (Å²) in [5, 5.41) is 3.94. The van der Waals surface area contributed by atoms with E-state index in [1.807, 2.05) is 6.92 Å². The number of aromatic nitrogens is 2. The number of hydrogen-bond donors (Lipinski definition) is 1. The maximum atomic E-state index is 12.1. The van der Waals surface area contributed by atoms with Crippen molar-refractivity contribution in [2.45, 2.75) is 32.2 Å². The van der Waals surface area contributed by atoms with Crippen molar-refractivity contribution in [3.8, 4) is 0 Å². The predicted octanol–water partition coefficient (Wildman–Crippen LogP) is 0.516. The quantitative estimate of drug-likeness (QED) is 0.821. The van der Waals surface area contributed by atoms with Crippen LogP contribution in [0.15, 0.2) is 11.1 Å². The molecule has 0 saturated carbocycles. The number of rotatable bonds is 5. The molecule has 6 nitrogen and oxygen atoms in total. The first kappa shape index (κ1) is 13.0. The summed E-state index contributed by atoms with van der Waals surface area (Å²) >= 11 is 0. The summed E-state index contributed by atoms with van der Waals surface area (Å²) in [5.74, 6) is 0.0637. The Bertz CT molecular complexity index is 448. The molecule has 0 saturated heterocycles. The van der Waals surface area contributed by atoms with Crippen molar-refractivity contribution in [3.05, 3.63) is 6.20 Å². The van der Waals surface area contributed by atoms with Crippen LogP contribution in [0, 0.1) is 0 Å². The lowest BCUT2D eigenvalue weighted by Crippen LogP contribution is -2.30. The number of nitrogen functional groups attached to an aromatic ring is 1. The van der Waals surface area contributed by atoms with Gasteiger partial charge in [0.25, 0.3) is 0 Å². The van der Waals surface area contributed by atoms with Crippen LogP contribution < -0.4 is 5.73 Å². The Balaban J connectivity index is 3.21.